The minimum Gasteiger partial charge on any atom is -0.469 e. The van der Waals surface area contributed by atoms with Crippen molar-refractivity contribution >= 4 is 39.9 Å². The summed E-state index contributed by atoms with van der Waals surface area (Å²) >= 11 is 2.83. The Bertz CT molecular complexity index is 1100. The molecule has 1 aliphatic rings. The second kappa shape index (κ2) is 7.72. The normalized spacial score (nSPS) is 14.0. The van der Waals surface area contributed by atoms with Crippen molar-refractivity contribution in [2.24, 2.45) is 12.8 Å². The number of hydrogen-bond donors (Lipinski definition) is 2. The van der Waals surface area contributed by atoms with Gasteiger partial charge >= 0.3 is 0 Å². The summed E-state index contributed by atoms with van der Waals surface area (Å²) in [7, 11) is 1.91. The summed E-state index contributed by atoms with van der Waals surface area (Å²) in [5, 5.41) is 3.81. The number of carbonyl (C=O) groups is 2. The molecule has 0 aliphatic heterocycles. The fraction of sp³-hybridized carbons (Fsp3) is 0.350. The monoisotopic (exact) mass is 430 g/mol. The van der Waals surface area contributed by atoms with Gasteiger partial charge in [-0.25, -0.2) is 4.98 Å². The van der Waals surface area contributed by atoms with Crippen molar-refractivity contribution in [1.82, 2.24) is 9.55 Å². The molecule has 9 heteroatoms. The van der Waals surface area contributed by atoms with Crippen LogP contribution >= 0.6 is 23.1 Å². The number of thiophene rings is 1. The van der Waals surface area contributed by atoms with Gasteiger partial charge in [0, 0.05) is 17.5 Å². The highest BCUT2D eigenvalue weighted by atomic mass is 32.2. The number of rotatable bonds is 6. The fourth-order valence-electron chi connectivity index (χ4n) is 3.58. The van der Waals surface area contributed by atoms with Crippen LogP contribution in [0.1, 0.15) is 39.9 Å². The first kappa shape index (κ1) is 19.8. The summed E-state index contributed by atoms with van der Waals surface area (Å²) in [6.45, 7) is 3.72. The fourth-order valence-corrected chi connectivity index (χ4v) is 5.73. The van der Waals surface area contributed by atoms with E-state index in [0.29, 0.717) is 10.6 Å². The highest BCUT2D eigenvalue weighted by molar-refractivity contribution is 8.00. The predicted octanol–water partition coefficient (Wildman–Crippen LogP) is 3.76. The number of carbonyl (C=O) groups excluding carboxylic acids is 2. The Kier molecular flexibility index (Phi) is 5.26. The topological polar surface area (TPSA) is 103 Å². The maximum absolute atomic E-state index is 12.8. The zero-order valence-corrected chi connectivity index (χ0v) is 18.1. The number of nitrogens with one attached hydrogen (secondary N) is 1. The van der Waals surface area contributed by atoms with Gasteiger partial charge < -0.3 is 20.0 Å². The van der Waals surface area contributed by atoms with Crippen molar-refractivity contribution in [3.63, 3.8) is 0 Å². The third-order valence-corrected chi connectivity index (χ3v) is 7.50. The Hall–Kier alpha value is -2.52. The number of fused-ring (bicyclic) bond motifs is 1. The molecule has 3 heterocycles. The van der Waals surface area contributed by atoms with Gasteiger partial charge in [-0.05, 0) is 44.7 Å². The number of furan rings is 1. The molecule has 3 aromatic heterocycles. The van der Waals surface area contributed by atoms with Gasteiger partial charge in [-0.15, -0.1) is 11.3 Å². The number of anilines is 1. The number of imidazole rings is 1. The molecule has 0 saturated carbocycles. The Labute approximate surface area is 176 Å². The van der Waals surface area contributed by atoms with E-state index in [0.717, 1.165) is 51.9 Å². The molecule has 3 N–H and O–H groups in total. The van der Waals surface area contributed by atoms with Gasteiger partial charge in [-0.3, -0.25) is 9.59 Å². The number of nitrogens with two attached hydrogens (primary N) is 1. The second-order valence-corrected chi connectivity index (χ2v) is 9.46. The summed E-state index contributed by atoms with van der Waals surface area (Å²) in [6, 6.07) is 1.90. The molecule has 0 radical (unpaired) electrons. The summed E-state index contributed by atoms with van der Waals surface area (Å²) in [4.78, 5) is 30.3. The Morgan fingerprint density at radius 1 is 1.41 bits per heavy atom. The molecule has 1 aliphatic carbocycles. The molecule has 0 saturated heterocycles. The number of thioether (sulfide) groups is 1. The molecule has 0 fully saturated rings. The Morgan fingerprint density at radius 2 is 2.21 bits per heavy atom. The van der Waals surface area contributed by atoms with E-state index in [1.165, 1.54) is 23.1 Å². The molecule has 4 rings (SSSR count). The molecule has 7 nitrogen and oxygen atoms in total. The number of primary amides is 1. The maximum Gasteiger partial charge on any atom is 0.251 e. The van der Waals surface area contributed by atoms with Gasteiger partial charge in [0.1, 0.15) is 10.8 Å². The highest BCUT2D eigenvalue weighted by Gasteiger charge is 2.27. The summed E-state index contributed by atoms with van der Waals surface area (Å²) in [6.07, 6.45) is 6.23. The molecule has 0 aromatic carbocycles. The predicted molar refractivity (Wildman–Crippen MR) is 114 cm³/mol. The van der Waals surface area contributed by atoms with E-state index < -0.39 is 11.2 Å². The van der Waals surface area contributed by atoms with Crippen LogP contribution in [-0.4, -0.2) is 26.6 Å². The van der Waals surface area contributed by atoms with Gasteiger partial charge in [0.2, 0.25) is 5.91 Å². The summed E-state index contributed by atoms with van der Waals surface area (Å²) in [5.74, 6) is 0.158. The SMILES string of the molecule is Cc1occc1-c1cnc(SC(C)C(=O)Nc2sc3c(c2C(N)=O)CCC3)n1C. The van der Waals surface area contributed by atoms with E-state index >= 15 is 0 Å². The molecule has 2 amide bonds. The third-order valence-electron chi connectivity index (χ3n) is 5.14. The van der Waals surface area contributed by atoms with Crippen LogP contribution in [0.4, 0.5) is 5.00 Å². The van der Waals surface area contributed by atoms with Crippen LogP contribution in [0.3, 0.4) is 0 Å². The van der Waals surface area contributed by atoms with E-state index in [1.807, 2.05) is 31.5 Å². The molecule has 0 spiro atoms. The lowest BCUT2D eigenvalue weighted by atomic mass is 10.1. The summed E-state index contributed by atoms with van der Waals surface area (Å²) in [5.41, 5.74) is 8.96. The van der Waals surface area contributed by atoms with Gasteiger partial charge in [0.25, 0.3) is 5.91 Å². The summed E-state index contributed by atoms with van der Waals surface area (Å²) < 4.78 is 7.32. The van der Waals surface area contributed by atoms with Crippen LogP contribution in [0.25, 0.3) is 11.3 Å². The number of nitrogens with zero attached hydrogens (tertiary/aromatic N) is 2. The molecular formula is C20H22N4O3S2. The van der Waals surface area contributed by atoms with Crippen molar-refractivity contribution in [3.05, 3.63) is 40.3 Å². The number of aromatic nitrogens is 2. The molecule has 152 valence electrons. The first-order valence-corrected chi connectivity index (χ1v) is 11.0. The lowest BCUT2D eigenvalue weighted by Gasteiger charge is -2.12. The zero-order chi connectivity index (χ0) is 20.7. The molecule has 0 bridgehead atoms. The highest BCUT2D eigenvalue weighted by Crippen LogP contribution is 2.39. The quantitative estimate of drug-likeness (QED) is 0.580. The van der Waals surface area contributed by atoms with Crippen LogP contribution in [0.2, 0.25) is 0 Å². The number of aryl methyl sites for hydroxylation is 2. The van der Waals surface area contributed by atoms with Crippen LogP contribution in [0.5, 0.6) is 0 Å². The first-order valence-electron chi connectivity index (χ1n) is 9.34. The van der Waals surface area contributed by atoms with Crippen molar-refractivity contribution in [3.8, 4) is 11.3 Å². The molecule has 1 atom stereocenters. The van der Waals surface area contributed by atoms with Crippen molar-refractivity contribution < 1.29 is 14.0 Å². The van der Waals surface area contributed by atoms with Crippen molar-refractivity contribution in [2.75, 3.05) is 5.32 Å². The lowest BCUT2D eigenvalue weighted by molar-refractivity contribution is -0.115. The largest absolute Gasteiger partial charge is 0.469 e. The molecular weight excluding hydrogens is 408 g/mol. The van der Waals surface area contributed by atoms with Crippen LogP contribution in [0.15, 0.2) is 28.1 Å². The minimum absolute atomic E-state index is 0.179. The van der Waals surface area contributed by atoms with Gasteiger partial charge in [0.05, 0.1) is 29.0 Å². The van der Waals surface area contributed by atoms with E-state index in [-0.39, 0.29) is 5.91 Å². The lowest BCUT2D eigenvalue weighted by Crippen LogP contribution is -2.24. The zero-order valence-electron chi connectivity index (χ0n) is 16.4. The first-order chi connectivity index (χ1) is 13.9. The average molecular weight is 431 g/mol. The third kappa shape index (κ3) is 3.60. The van der Waals surface area contributed by atoms with E-state index in [4.69, 9.17) is 10.2 Å². The van der Waals surface area contributed by atoms with Crippen LogP contribution < -0.4 is 11.1 Å². The molecule has 1 unspecified atom stereocenters. The minimum atomic E-state index is -0.482. The van der Waals surface area contributed by atoms with E-state index in [1.54, 1.807) is 12.5 Å². The number of amides is 2. The van der Waals surface area contributed by atoms with Crippen LogP contribution in [-0.2, 0) is 24.7 Å². The standard InChI is InChI=1S/C20H22N4O3S2/c1-10-12(7-8-27-10)14-9-22-20(24(14)3)28-11(2)18(26)23-19-16(17(21)25)13-5-4-6-15(13)29-19/h7-9,11H,4-6H2,1-3H3,(H2,21,25)(H,23,26). The Balaban J connectivity index is 1.50. The van der Waals surface area contributed by atoms with Gasteiger partial charge in [-0.1, -0.05) is 11.8 Å². The Morgan fingerprint density at radius 3 is 2.90 bits per heavy atom. The maximum atomic E-state index is 12.8. The van der Waals surface area contributed by atoms with Gasteiger partial charge in [-0.2, -0.15) is 0 Å². The van der Waals surface area contributed by atoms with Crippen molar-refractivity contribution in [1.29, 1.82) is 0 Å². The molecule has 29 heavy (non-hydrogen) atoms. The van der Waals surface area contributed by atoms with E-state index in [9.17, 15) is 9.59 Å². The number of hydrogen-bond acceptors (Lipinski definition) is 6. The van der Waals surface area contributed by atoms with Crippen LogP contribution in [0, 0.1) is 6.92 Å². The van der Waals surface area contributed by atoms with E-state index in [2.05, 4.69) is 10.3 Å². The average Bonchev–Trinajstić information content (AvgIpc) is 3.41. The molecule has 3 aromatic rings. The smallest absolute Gasteiger partial charge is 0.251 e. The van der Waals surface area contributed by atoms with Gasteiger partial charge in [0.15, 0.2) is 5.16 Å². The van der Waals surface area contributed by atoms with Crippen molar-refractivity contribution in [2.45, 2.75) is 43.5 Å². The second-order valence-electron chi connectivity index (χ2n) is 7.05.